The van der Waals surface area contributed by atoms with E-state index in [-0.39, 0.29) is 0 Å². The molecule has 3 rings (SSSR count). The fourth-order valence-electron chi connectivity index (χ4n) is 2.36. The van der Waals surface area contributed by atoms with E-state index >= 15 is 0 Å². The Hall–Kier alpha value is -2.85. The average Bonchev–Trinajstić information content (AvgIpc) is 2.64. The topological polar surface area (TPSA) is 33.3 Å². The summed E-state index contributed by atoms with van der Waals surface area (Å²) in [4.78, 5) is 0. The van der Waals surface area contributed by atoms with Gasteiger partial charge in [-0.1, -0.05) is 48.5 Å². The Bertz CT molecular complexity index is 832. The molecule has 25 heavy (non-hydrogen) atoms. The molecular weight excluding hydrogens is 328 g/mol. The molecule has 126 valence electrons. The Morgan fingerprint density at radius 1 is 0.880 bits per heavy atom. The molecule has 0 atom stereocenters. The van der Waals surface area contributed by atoms with Crippen LogP contribution in [0, 0.1) is 6.92 Å². The SMILES string of the molecule is Cc1ccccc1Oc1ccc(NC(=S)NCc2ccccc2)cc1. The molecule has 3 nitrogen and oxygen atoms in total. The standard InChI is InChI=1S/C21H20N2OS/c1-16-7-5-6-10-20(16)24-19-13-11-18(12-14-19)23-21(25)22-15-17-8-3-2-4-9-17/h2-14H,15H2,1H3,(H2,22,23,25). The molecule has 0 aliphatic rings. The predicted molar refractivity (Wildman–Crippen MR) is 107 cm³/mol. The van der Waals surface area contributed by atoms with Crippen molar-refractivity contribution in [3.05, 3.63) is 90.0 Å². The lowest BCUT2D eigenvalue weighted by atomic mass is 10.2. The number of anilines is 1. The minimum atomic E-state index is 0.594. The monoisotopic (exact) mass is 348 g/mol. The van der Waals surface area contributed by atoms with Crippen LogP contribution in [0.25, 0.3) is 0 Å². The molecule has 3 aromatic rings. The van der Waals surface area contributed by atoms with Crippen molar-refractivity contribution >= 4 is 23.0 Å². The van der Waals surface area contributed by atoms with Gasteiger partial charge in [0.2, 0.25) is 0 Å². The molecule has 0 spiro atoms. The van der Waals surface area contributed by atoms with Crippen LogP contribution in [0.4, 0.5) is 5.69 Å². The maximum Gasteiger partial charge on any atom is 0.171 e. The summed E-state index contributed by atoms with van der Waals surface area (Å²) >= 11 is 5.34. The average molecular weight is 348 g/mol. The van der Waals surface area contributed by atoms with E-state index in [2.05, 4.69) is 22.8 Å². The van der Waals surface area contributed by atoms with Crippen molar-refractivity contribution in [3.8, 4) is 11.5 Å². The number of para-hydroxylation sites is 1. The second-order valence-corrected chi connectivity index (χ2v) is 6.09. The van der Waals surface area contributed by atoms with Gasteiger partial charge >= 0.3 is 0 Å². The molecule has 2 N–H and O–H groups in total. The van der Waals surface area contributed by atoms with Crippen LogP contribution < -0.4 is 15.4 Å². The van der Waals surface area contributed by atoms with Crippen LogP contribution in [-0.4, -0.2) is 5.11 Å². The van der Waals surface area contributed by atoms with Gasteiger partial charge in [0.25, 0.3) is 0 Å². The molecule has 0 saturated carbocycles. The van der Waals surface area contributed by atoms with Crippen molar-refractivity contribution in [2.45, 2.75) is 13.5 Å². The zero-order valence-electron chi connectivity index (χ0n) is 14.0. The first-order valence-corrected chi connectivity index (χ1v) is 8.54. The Kier molecular flexibility index (Phi) is 5.65. The number of hydrogen-bond donors (Lipinski definition) is 2. The Balaban J connectivity index is 1.53. The van der Waals surface area contributed by atoms with Gasteiger partial charge in [-0.25, -0.2) is 0 Å². The van der Waals surface area contributed by atoms with Crippen molar-refractivity contribution in [3.63, 3.8) is 0 Å². The number of nitrogens with one attached hydrogen (secondary N) is 2. The predicted octanol–water partition coefficient (Wildman–Crippen LogP) is 5.27. The molecule has 0 heterocycles. The zero-order valence-corrected chi connectivity index (χ0v) is 14.8. The summed E-state index contributed by atoms with van der Waals surface area (Å²) in [5.74, 6) is 1.66. The van der Waals surface area contributed by atoms with Crippen molar-refractivity contribution in [2.75, 3.05) is 5.32 Å². The first-order chi connectivity index (χ1) is 12.2. The van der Waals surface area contributed by atoms with E-state index in [0.717, 1.165) is 22.7 Å². The smallest absolute Gasteiger partial charge is 0.171 e. The third kappa shape index (κ3) is 5.06. The molecule has 4 heteroatoms. The zero-order chi connectivity index (χ0) is 17.5. The minimum absolute atomic E-state index is 0.594. The molecule has 0 aliphatic carbocycles. The van der Waals surface area contributed by atoms with Gasteiger partial charge in [-0.05, 0) is 60.6 Å². The molecule has 0 aromatic heterocycles. The van der Waals surface area contributed by atoms with Gasteiger partial charge in [0.1, 0.15) is 11.5 Å². The quantitative estimate of drug-likeness (QED) is 0.615. The Morgan fingerprint density at radius 2 is 1.56 bits per heavy atom. The fourth-order valence-corrected chi connectivity index (χ4v) is 2.55. The van der Waals surface area contributed by atoms with E-state index in [9.17, 15) is 0 Å². The number of rotatable bonds is 5. The van der Waals surface area contributed by atoms with Gasteiger partial charge in [0.05, 0.1) is 0 Å². The Labute approximate surface area is 153 Å². The van der Waals surface area contributed by atoms with Crippen molar-refractivity contribution in [2.24, 2.45) is 0 Å². The van der Waals surface area contributed by atoms with E-state index in [1.165, 1.54) is 5.56 Å². The second kappa shape index (κ2) is 8.31. The molecule has 0 radical (unpaired) electrons. The molecule has 0 aliphatic heterocycles. The second-order valence-electron chi connectivity index (χ2n) is 5.69. The first kappa shape index (κ1) is 17.0. The third-order valence-corrected chi connectivity index (χ3v) is 3.98. The van der Waals surface area contributed by atoms with Gasteiger partial charge in [-0.2, -0.15) is 0 Å². The lowest BCUT2D eigenvalue weighted by molar-refractivity contribution is 0.479. The highest BCUT2D eigenvalue weighted by molar-refractivity contribution is 7.80. The number of hydrogen-bond acceptors (Lipinski definition) is 2. The van der Waals surface area contributed by atoms with E-state index < -0.39 is 0 Å². The molecule has 0 bridgehead atoms. The summed E-state index contributed by atoms with van der Waals surface area (Å²) in [5.41, 5.74) is 3.22. The van der Waals surface area contributed by atoms with E-state index in [4.69, 9.17) is 17.0 Å². The van der Waals surface area contributed by atoms with Crippen LogP contribution in [0.2, 0.25) is 0 Å². The van der Waals surface area contributed by atoms with E-state index in [1.807, 2.05) is 73.7 Å². The molecule has 0 unspecified atom stereocenters. The summed E-state index contributed by atoms with van der Waals surface area (Å²) in [7, 11) is 0. The summed E-state index contributed by atoms with van der Waals surface area (Å²) in [6.45, 7) is 2.73. The lowest BCUT2D eigenvalue weighted by Gasteiger charge is -2.12. The van der Waals surface area contributed by atoms with Crippen molar-refractivity contribution in [1.82, 2.24) is 5.32 Å². The number of thiocarbonyl (C=S) groups is 1. The molecular formula is C21H20N2OS. The van der Waals surface area contributed by atoms with Crippen LogP contribution in [0.3, 0.4) is 0 Å². The van der Waals surface area contributed by atoms with Crippen LogP contribution >= 0.6 is 12.2 Å². The van der Waals surface area contributed by atoms with E-state index in [0.29, 0.717) is 11.7 Å². The molecule has 0 saturated heterocycles. The largest absolute Gasteiger partial charge is 0.457 e. The van der Waals surface area contributed by atoms with Crippen LogP contribution in [0.15, 0.2) is 78.9 Å². The highest BCUT2D eigenvalue weighted by Crippen LogP contribution is 2.25. The summed E-state index contributed by atoms with van der Waals surface area (Å²) in [6.07, 6.45) is 0. The molecule has 0 amide bonds. The van der Waals surface area contributed by atoms with Crippen LogP contribution in [-0.2, 0) is 6.54 Å². The van der Waals surface area contributed by atoms with Gasteiger partial charge in [-0.3, -0.25) is 0 Å². The summed E-state index contributed by atoms with van der Waals surface area (Å²) in [5, 5.41) is 6.97. The third-order valence-electron chi connectivity index (χ3n) is 3.73. The maximum atomic E-state index is 5.90. The highest BCUT2D eigenvalue weighted by Gasteiger charge is 2.02. The highest BCUT2D eigenvalue weighted by atomic mass is 32.1. The fraction of sp³-hybridized carbons (Fsp3) is 0.0952. The van der Waals surface area contributed by atoms with Gasteiger partial charge in [-0.15, -0.1) is 0 Å². The van der Waals surface area contributed by atoms with Gasteiger partial charge in [0.15, 0.2) is 5.11 Å². The van der Waals surface area contributed by atoms with Crippen molar-refractivity contribution in [1.29, 1.82) is 0 Å². The molecule has 0 fully saturated rings. The number of aryl methyl sites for hydroxylation is 1. The lowest BCUT2D eigenvalue weighted by Crippen LogP contribution is -2.27. The number of ether oxygens (including phenoxy) is 1. The van der Waals surface area contributed by atoms with Gasteiger partial charge in [0, 0.05) is 12.2 Å². The van der Waals surface area contributed by atoms with Gasteiger partial charge < -0.3 is 15.4 Å². The normalized spacial score (nSPS) is 10.1. The van der Waals surface area contributed by atoms with Crippen molar-refractivity contribution < 1.29 is 4.74 Å². The van der Waals surface area contributed by atoms with Crippen LogP contribution in [0.5, 0.6) is 11.5 Å². The summed E-state index contributed by atoms with van der Waals surface area (Å²) < 4.78 is 5.90. The Morgan fingerprint density at radius 3 is 2.28 bits per heavy atom. The number of benzene rings is 3. The van der Waals surface area contributed by atoms with E-state index in [1.54, 1.807) is 0 Å². The van der Waals surface area contributed by atoms with Crippen LogP contribution in [0.1, 0.15) is 11.1 Å². The first-order valence-electron chi connectivity index (χ1n) is 8.13. The summed E-state index contributed by atoms with van der Waals surface area (Å²) in [6, 6.07) is 25.9. The maximum absolute atomic E-state index is 5.90. The minimum Gasteiger partial charge on any atom is -0.457 e. The molecule has 3 aromatic carbocycles.